The molecule has 5 heteroatoms. The molecule has 4 aromatic rings. The van der Waals surface area contributed by atoms with Gasteiger partial charge in [-0.15, -0.1) is 0 Å². The molecule has 0 aromatic heterocycles. The maximum absolute atomic E-state index is 11.3. The number of hydrogen-bond acceptors (Lipinski definition) is 3. The Balaban J connectivity index is 1.51. The van der Waals surface area contributed by atoms with E-state index >= 15 is 0 Å². The molecule has 1 heterocycles. The molecule has 5 rings (SSSR count). The first-order chi connectivity index (χ1) is 19.8. The molecule has 0 radical (unpaired) electrons. The Labute approximate surface area is 250 Å². The molecule has 0 amide bonds. The number of aryl methyl sites for hydroxylation is 1. The lowest BCUT2D eigenvalue weighted by molar-refractivity contribution is 0.480. The first-order valence-electron chi connectivity index (χ1n) is 14.6. The maximum Gasteiger partial charge on any atom is 0.264 e. The van der Waals surface area contributed by atoms with Crippen molar-refractivity contribution < 1.29 is 13.0 Å². The Morgan fingerprint density at radius 1 is 0.929 bits per heavy atom. The van der Waals surface area contributed by atoms with E-state index in [2.05, 4.69) is 137 Å². The van der Waals surface area contributed by atoms with Crippen molar-refractivity contribution in [3.8, 4) is 0 Å². The van der Waals surface area contributed by atoms with Gasteiger partial charge in [0.1, 0.15) is 0 Å². The zero-order valence-electron chi connectivity index (χ0n) is 25.3. The molecule has 0 unspecified atom stereocenters. The van der Waals surface area contributed by atoms with E-state index in [1.165, 1.54) is 38.2 Å². The van der Waals surface area contributed by atoms with E-state index in [1.54, 1.807) is 0 Å². The van der Waals surface area contributed by atoms with Crippen molar-refractivity contribution in [2.24, 2.45) is 0 Å². The normalized spacial score (nSPS) is 16.1. The van der Waals surface area contributed by atoms with Crippen LogP contribution in [0.5, 0.6) is 0 Å². The van der Waals surface area contributed by atoms with Crippen molar-refractivity contribution in [3.63, 3.8) is 0 Å². The summed E-state index contributed by atoms with van der Waals surface area (Å²) in [7, 11) is -3.98. The highest BCUT2D eigenvalue weighted by molar-refractivity contribution is 7.85. The Morgan fingerprint density at radius 2 is 1.55 bits per heavy atom. The number of allylic oxidation sites excluding steroid dienone is 5. The fourth-order valence-corrected chi connectivity index (χ4v) is 7.23. The van der Waals surface area contributed by atoms with Crippen molar-refractivity contribution >= 4 is 37.4 Å². The standard InChI is InChI=1S/C37H41NO3S/c1-26-20-21-28-15-7-9-17-30(28)34(26)36(3,4)27(2)14-13-19-33-37(5,6)35-31-18-10-8-16-29(31)22-23-32(35)38(33)24-11-12-25-42(39,40)41/h7-10,13-23H,2,11-12,24-25H2,1,3-6H3,(H,39,40,41)/b14-13+,33-19+. The van der Waals surface area contributed by atoms with Gasteiger partial charge in [-0.1, -0.05) is 113 Å². The van der Waals surface area contributed by atoms with Crippen molar-refractivity contribution in [2.75, 3.05) is 17.2 Å². The summed E-state index contributed by atoms with van der Waals surface area (Å²) >= 11 is 0. The predicted molar refractivity (Wildman–Crippen MR) is 178 cm³/mol. The molecule has 218 valence electrons. The topological polar surface area (TPSA) is 57.6 Å². The summed E-state index contributed by atoms with van der Waals surface area (Å²) in [5, 5.41) is 4.92. The first-order valence-corrected chi connectivity index (χ1v) is 16.3. The van der Waals surface area contributed by atoms with Gasteiger partial charge in [-0.3, -0.25) is 4.55 Å². The summed E-state index contributed by atoms with van der Waals surface area (Å²) < 4.78 is 31.9. The second kappa shape index (κ2) is 11.2. The van der Waals surface area contributed by atoms with Crippen LogP contribution in [0.1, 0.15) is 57.2 Å². The molecule has 0 fully saturated rings. The monoisotopic (exact) mass is 579 g/mol. The number of rotatable bonds is 9. The van der Waals surface area contributed by atoms with Crippen LogP contribution in [0, 0.1) is 6.92 Å². The minimum Gasteiger partial charge on any atom is -0.344 e. The second-order valence-electron chi connectivity index (χ2n) is 12.5. The first kappa shape index (κ1) is 29.8. The predicted octanol–water partition coefficient (Wildman–Crippen LogP) is 9.04. The van der Waals surface area contributed by atoms with Gasteiger partial charge in [0.2, 0.25) is 0 Å². The molecule has 0 aliphatic carbocycles. The van der Waals surface area contributed by atoms with E-state index in [9.17, 15) is 13.0 Å². The van der Waals surface area contributed by atoms with Gasteiger partial charge in [0, 0.05) is 28.8 Å². The van der Waals surface area contributed by atoms with Gasteiger partial charge < -0.3 is 4.90 Å². The van der Waals surface area contributed by atoms with Gasteiger partial charge >= 0.3 is 0 Å². The summed E-state index contributed by atoms with van der Waals surface area (Å²) in [6.07, 6.45) is 7.47. The molecule has 0 saturated heterocycles. The molecule has 4 aromatic carbocycles. The zero-order valence-corrected chi connectivity index (χ0v) is 26.1. The third kappa shape index (κ3) is 5.56. The summed E-state index contributed by atoms with van der Waals surface area (Å²) in [5.41, 5.74) is 6.61. The van der Waals surface area contributed by atoms with Crippen molar-refractivity contribution in [2.45, 2.75) is 58.3 Å². The maximum atomic E-state index is 11.3. The van der Waals surface area contributed by atoms with E-state index in [4.69, 9.17) is 0 Å². The number of benzene rings is 4. The second-order valence-corrected chi connectivity index (χ2v) is 14.1. The molecule has 0 saturated carbocycles. The molecule has 0 bridgehead atoms. The average molecular weight is 580 g/mol. The van der Waals surface area contributed by atoms with Crippen LogP contribution in [0.2, 0.25) is 0 Å². The third-order valence-corrected chi connectivity index (χ3v) is 9.71. The van der Waals surface area contributed by atoms with E-state index in [1.807, 2.05) is 0 Å². The Kier molecular flexibility index (Phi) is 7.95. The lowest BCUT2D eigenvalue weighted by Crippen LogP contribution is -2.27. The third-order valence-electron chi connectivity index (χ3n) is 8.90. The van der Waals surface area contributed by atoms with Crippen LogP contribution in [-0.4, -0.2) is 25.3 Å². The average Bonchev–Trinajstić information content (AvgIpc) is 3.16. The molecule has 1 aliphatic rings. The molecular weight excluding hydrogens is 538 g/mol. The Hall–Kier alpha value is -3.67. The molecule has 1 aliphatic heterocycles. The number of nitrogens with zero attached hydrogens (tertiary/aromatic N) is 1. The summed E-state index contributed by atoms with van der Waals surface area (Å²) in [5.74, 6) is -0.226. The summed E-state index contributed by atoms with van der Waals surface area (Å²) in [6, 6.07) is 25.7. The van der Waals surface area contributed by atoms with Crippen LogP contribution in [0.4, 0.5) is 5.69 Å². The van der Waals surface area contributed by atoms with Crippen LogP contribution in [0.25, 0.3) is 21.5 Å². The number of hydrogen-bond donors (Lipinski definition) is 1. The molecule has 42 heavy (non-hydrogen) atoms. The molecule has 4 nitrogen and oxygen atoms in total. The van der Waals surface area contributed by atoms with Crippen LogP contribution in [0.15, 0.2) is 109 Å². The number of fused-ring (bicyclic) bond motifs is 4. The fraction of sp³-hybridized carbons (Fsp3) is 0.297. The largest absolute Gasteiger partial charge is 0.344 e. The lowest BCUT2D eigenvalue weighted by Gasteiger charge is -2.30. The van der Waals surface area contributed by atoms with Gasteiger partial charge in [0.25, 0.3) is 10.1 Å². The minimum absolute atomic E-state index is 0.226. The van der Waals surface area contributed by atoms with Crippen LogP contribution < -0.4 is 4.90 Å². The van der Waals surface area contributed by atoms with Crippen LogP contribution in [0.3, 0.4) is 0 Å². The van der Waals surface area contributed by atoms with E-state index in [0.717, 1.165) is 17.0 Å². The van der Waals surface area contributed by atoms with Gasteiger partial charge in [-0.25, -0.2) is 0 Å². The van der Waals surface area contributed by atoms with E-state index in [0.29, 0.717) is 19.4 Å². The van der Waals surface area contributed by atoms with Crippen LogP contribution in [-0.2, 0) is 20.9 Å². The Morgan fingerprint density at radius 3 is 2.24 bits per heavy atom. The van der Waals surface area contributed by atoms with Gasteiger partial charge in [0.15, 0.2) is 0 Å². The van der Waals surface area contributed by atoms with Crippen molar-refractivity contribution in [1.82, 2.24) is 0 Å². The highest BCUT2D eigenvalue weighted by atomic mass is 32.2. The summed E-state index contributed by atoms with van der Waals surface area (Å²) in [4.78, 5) is 2.32. The highest BCUT2D eigenvalue weighted by Crippen LogP contribution is 2.51. The van der Waals surface area contributed by atoms with Gasteiger partial charge in [-0.05, 0) is 75.7 Å². The van der Waals surface area contributed by atoms with Gasteiger partial charge in [0.05, 0.1) is 5.75 Å². The lowest BCUT2D eigenvalue weighted by atomic mass is 9.74. The smallest absolute Gasteiger partial charge is 0.264 e. The zero-order chi connectivity index (χ0) is 30.3. The number of anilines is 1. The van der Waals surface area contributed by atoms with Crippen LogP contribution >= 0.6 is 0 Å². The minimum atomic E-state index is -3.98. The fourth-order valence-electron chi connectivity index (χ4n) is 6.67. The number of unbranched alkanes of at least 4 members (excludes halogenated alkanes) is 1. The quantitative estimate of drug-likeness (QED) is 0.122. The van der Waals surface area contributed by atoms with Crippen molar-refractivity contribution in [1.29, 1.82) is 0 Å². The van der Waals surface area contributed by atoms with Gasteiger partial charge in [-0.2, -0.15) is 8.42 Å². The highest BCUT2D eigenvalue weighted by Gasteiger charge is 2.41. The molecule has 0 atom stereocenters. The van der Waals surface area contributed by atoms with Crippen molar-refractivity contribution in [3.05, 3.63) is 126 Å². The summed E-state index contributed by atoms with van der Waals surface area (Å²) in [6.45, 7) is 16.4. The molecule has 1 N–H and O–H groups in total. The molecular formula is C37H41NO3S. The molecule has 0 spiro atoms. The SMILES string of the molecule is C=C(/C=C/C=C1/N(CCCCS(=O)(=O)O)c2ccc3ccccc3c2C1(C)C)C(C)(C)c1c(C)ccc2ccccc12. The van der Waals surface area contributed by atoms with E-state index < -0.39 is 10.1 Å². The Bertz CT molecular complexity index is 1840. The van der Waals surface area contributed by atoms with E-state index in [-0.39, 0.29) is 16.6 Å².